The van der Waals surface area contributed by atoms with E-state index < -0.39 is 30.4 Å². The summed E-state index contributed by atoms with van der Waals surface area (Å²) >= 11 is 0. The minimum atomic E-state index is -4.33. The minimum Gasteiger partial charge on any atom is -0.312 e. The lowest BCUT2D eigenvalue weighted by Gasteiger charge is -2.28. The van der Waals surface area contributed by atoms with Gasteiger partial charge in [0.15, 0.2) is 11.6 Å². The smallest absolute Gasteiger partial charge is 0.312 e. The molecular formula is C14H19F5N2. The van der Waals surface area contributed by atoms with E-state index in [1.165, 1.54) is 24.1 Å². The molecule has 0 saturated carbocycles. The van der Waals surface area contributed by atoms with E-state index >= 15 is 0 Å². The minimum absolute atomic E-state index is 0.0285. The van der Waals surface area contributed by atoms with Crippen molar-refractivity contribution in [2.24, 2.45) is 0 Å². The van der Waals surface area contributed by atoms with Crippen molar-refractivity contribution < 1.29 is 22.0 Å². The molecule has 0 bridgehead atoms. The Kier molecular flexibility index (Phi) is 6.54. The van der Waals surface area contributed by atoms with Crippen molar-refractivity contribution in [1.29, 1.82) is 0 Å². The molecule has 0 radical (unpaired) electrons. The summed E-state index contributed by atoms with van der Waals surface area (Å²) in [4.78, 5) is 1.19. The summed E-state index contributed by atoms with van der Waals surface area (Å²) in [5.74, 6) is -2.04. The van der Waals surface area contributed by atoms with Gasteiger partial charge in [0.2, 0.25) is 0 Å². The van der Waals surface area contributed by atoms with E-state index in [1.807, 2.05) is 0 Å². The van der Waals surface area contributed by atoms with E-state index in [1.54, 1.807) is 6.92 Å². The van der Waals surface area contributed by atoms with Crippen LogP contribution < -0.4 is 5.32 Å². The molecule has 0 saturated heterocycles. The number of rotatable bonds is 7. The Morgan fingerprint density at radius 1 is 1.24 bits per heavy atom. The highest BCUT2D eigenvalue weighted by Gasteiger charge is 2.31. The van der Waals surface area contributed by atoms with E-state index in [-0.39, 0.29) is 18.7 Å². The Morgan fingerprint density at radius 3 is 2.43 bits per heavy atom. The standard InChI is InChI=1S/C14H19F5N2/c1-3-7-21(9-14(17,18)19)8-12(20-2)10-5-4-6-11(15)13(10)16/h4-6,12,20H,3,7-9H2,1-2H3. The first-order chi connectivity index (χ1) is 9.78. The van der Waals surface area contributed by atoms with Gasteiger partial charge in [0, 0.05) is 18.2 Å². The van der Waals surface area contributed by atoms with Crippen LogP contribution in [-0.2, 0) is 0 Å². The quantitative estimate of drug-likeness (QED) is 0.776. The molecule has 1 N–H and O–H groups in total. The summed E-state index contributed by atoms with van der Waals surface area (Å²) in [6, 6.07) is 2.98. The zero-order valence-electron chi connectivity index (χ0n) is 12.0. The Hall–Kier alpha value is -1.21. The van der Waals surface area contributed by atoms with Gasteiger partial charge in [-0.1, -0.05) is 19.1 Å². The monoisotopic (exact) mass is 310 g/mol. The number of likely N-dealkylation sites (N-methyl/N-ethyl adjacent to an activating group) is 1. The van der Waals surface area contributed by atoms with Crippen LogP contribution in [0.2, 0.25) is 0 Å². The van der Waals surface area contributed by atoms with Crippen molar-refractivity contribution in [3.05, 3.63) is 35.4 Å². The van der Waals surface area contributed by atoms with Gasteiger partial charge < -0.3 is 5.32 Å². The van der Waals surface area contributed by atoms with Gasteiger partial charge in [-0.05, 0) is 26.1 Å². The fourth-order valence-corrected chi connectivity index (χ4v) is 2.20. The second-order valence-corrected chi connectivity index (χ2v) is 4.83. The molecule has 0 aromatic heterocycles. The van der Waals surface area contributed by atoms with Gasteiger partial charge in [0.05, 0.1) is 6.54 Å². The summed E-state index contributed by atoms with van der Waals surface area (Å²) in [6.45, 7) is 0.870. The molecule has 0 amide bonds. The van der Waals surface area contributed by atoms with Crippen LogP contribution >= 0.6 is 0 Å². The van der Waals surface area contributed by atoms with Crippen LogP contribution in [0.1, 0.15) is 24.9 Å². The molecule has 2 nitrogen and oxygen atoms in total. The fourth-order valence-electron chi connectivity index (χ4n) is 2.20. The molecule has 120 valence electrons. The third kappa shape index (κ3) is 5.59. The van der Waals surface area contributed by atoms with Crippen molar-refractivity contribution in [2.75, 3.05) is 26.7 Å². The first kappa shape index (κ1) is 17.8. The maximum atomic E-state index is 13.8. The summed E-state index contributed by atoms with van der Waals surface area (Å²) in [7, 11) is 1.51. The van der Waals surface area contributed by atoms with Gasteiger partial charge in [-0.2, -0.15) is 13.2 Å². The number of alkyl halides is 3. The number of hydrogen-bond donors (Lipinski definition) is 1. The second kappa shape index (κ2) is 7.70. The maximum Gasteiger partial charge on any atom is 0.401 e. The molecule has 1 unspecified atom stereocenters. The van der Waals surface area contributed by atoms with Crippen LogP contribution in [0.25, 0.3) is 0 Å². The zero-order chi connectivity index (χ0) is 16.0. The fraction of sp³-hybridized carbons (Fsp3) is 0.571. The van der Waals surface area contributed by atoms with Gasteiger partial charge in [0.1, 0.15) is 0 Å². The lowest BCUT2D eigenvalue weighted by Crippen LogP contribution is -2.40. The molecule has 0 aliphatic rings. The molecule has 1 rings (SSSR count). The van der Waals surface area contributed by atoms with Crippen LogP contribution in [0, 0.1) is 11.6 Å². The van der Waals surface area contributed by atoms with Crippen LogP contribution in [0.15, 0.2) is 18.2 Å². The highest BCUT2D eigenvalue weighted by Crippen LogP contribution is 2.22. The molecule has 7 heteroatoms. The van der Waals surface area contributed by atoms with Crippen molar-refractivity contribution >= 4 is 0 Å². The van der Waals surface area contributed by atoms with Crippen molar-refractivity contribution in [3.8, 4) is 0 Å². The zero-order valence-corrected chi connectivity index (χ0v) is 12.0. The molecule has 0 aliphatic carbocycles. The van der Waals surface area contributed by atoms with Gasteiger partial charge in [-0.25, -0.2) is 8.78 Å². The SMILES string of the molecule is CCCN(CC(NC)c1cccc(F)c1F)CC(F)(F)F. The Bertz CT molecular complexity index is 447. The topological polar surface area (TPSA) is 15.3 Å². The van der Waals surface area contributed by atoms with Gasteiger partial charge in [-0.15, -0.1) is 0 Å². The predicted octanol–water partition coefficient (Wildman–Crippen LogP) is 3.50. The lowest BCUT2D eigenvalue weighted by molar-refractivity contribution is -0.146. The summed E-state index contributed by atoms with van der Waals surface area (Å²) in [6.07, 6.45) is -3.79. The molecule has 1 aromatic carbocycles. The summed E-state index contributed by atoms with van der Waals surface area (Å²) in [5, 5.41) is 2.75. The lowest BCUT2D eigenvalue weighted by atomic mass is 10.1. The molecule has 0 heterocycles. The third-order valence-corrected chi connectivity index (χ3v) is 3.09. The van der Waals surface area contributed by atoms with E-state index in [4.69, 9.17) is 0 Å². The van der Waals surface area contributed by atoms with E-state index in [0.717, 1.165) is 6.07 Å². The Balaban J connectivity index is 2.90. The molecular weight excluding hydrogens is 291 g/mol. The molecule has 0 spiro atoms. The van der Waals surface area contributed by atoms with Crippen LogP contribution in [0.5, 0.6) is 0 Å². The number of hydrogen-bond acceptors (Lipinski definition) is 2. The first-order valence-corrected chi connectivity index (χ1v) is 6.68. The summed E-state index contributed by atoms with van der Waals surface area (Å²) < 4.78 is 64.6. The number of benzene rings is 1. The largest absolute Gasteiger partial charge is 0.401 e. The van der Waals surface area contributed by atoms with Crippen LogP contribution in [0.3, 0.4) is 0 Å². The average Bonchev–Trinajstić information content (AvgIpc) is 2.38. The number of nitrogens with zero attached hydrogens (tertiary/aromatic N) is 1. The van der Waals surface area contributed by atoms with Crippen LogP contribution in [-0.4, -0.2) is 37.8 Å². The van der Waals surface area contributed by atoms with Crippen molar-refractivity contribution in [3.63, 3.8) is 0 Å². The average molecular weight is 310 g/mol. The van der Waals surface area contributed by atoms with Gasteiger partial charge >= 0.3 is 6.18 Å². The first-order valence-electron chi connectivity index (χ1n) is 6.68. The van der Waals surface area contributed by atoms with Crippen molar-refractivity contribution in [1.82, 2.24) is 10.2 Å². The second-order valence-electron chi connectivity index (χ2n) is 4.83. The van der Waals surface area contributed by atoms with Gasteiger partial charge in [0.25, 0.3) is 0 Å². The normalized spacial score (nSPS) is 13.7. The molecule has 1 atom stereocenters. The highest BCUT2D eigenvalue weighted by atomic mass is 19.4. The van der Waals surface area contributed by atoms with Gasteiger partial charge in [-0.3, -0.25) is 4.90 Å². The third-order valence-electron chi connectivity index (χ3n) is 3.09. The van der Waals surface area contributed by atoms with Crippen molar-refractivity contribution in [2.45, 2.75) is 25.6 Å². The molecule has 0 aliphatic heterocycles. The predicted molar refractivity (Wildman–Crippen MR) is 70.9 cm³/mol. The summed E-state index contributed by atoms with van der Waals surface area (Å²) in [5.41, 5.74) is 0.0285. The maximum absolute atomic E-state index is 13.8. The Labute approximate surface area is 120 Å². The molecule has 21 heavy (non-hydrogen) atoms. The Morgan fingerprint density at radius 2 is 1.90 bits per heavy atom. The van der Waals surface area contributed by atoms with E-state index in [9.17, 15) is 22.0 Å². The molecule has 0 fully saturated rings. The van der Waals surface area contributed by atoms with E-state index in [2.05, 4.69) is 5.32 Å². The highest BCUT2D eigenvalue weighted by molar-refractivity contribution is 5.22. The molecule has 1 aromatic rings. The van der Waals surface area contributed by atoms with E-state index in [0.29, 0.717) is 6.42 Å². The number of nitrogens with one attached hydrogen (secondary N) is 1. The number of halogens is 5. The van der Waals surface area contributed by atoms with Crippen LogP contribution in [0.4, 0.5) is 22.0 Å².